The van der Waals surface area contributed by atoms with Crippen molar-refractivity contribution < 1.29 is 9.87 Å². The Morgan fingerprint density at radius 2 is 1.63 bits per heavy atom. The number of nitrogens with zero attached hydrogens (tertiary/aromatic N) is 7. The van der Waals surface area contributed by atoms with Crippen LogP contribution in [0, 0.1) is 15.0 Å². The first-order valence-corrected chi connectivity index (χ1v) is 8.84. The number of hydrogen-bond acceptors (Lipinski definition) is 10. The molecule has 3 aromatic rings. The Morgan fingerprint density at radius 3 is 1.97 bits per heavy atom. The molecule has 0 spiro atoms. The second-order valence-electron chi connectivity index (χ2n) is 5.39. The Balaban J connectivity index is 0.000000313. The summed E-state index contributed by atoms with van der Waals surface area (Å²) < 4.78 is 1.39. The van der Waals surface area contributed by atoms with Gasteiger partial charge in [0.1, 0.15) is 18.0 Å². The van der Waals surface area contributed by atoms with Gasteiger partial charge < -0.3 is 10.7 Å². The van der Waals surface area contributed by atoms with Gasteiger partial charge in [0.2, 0.25) is 11.6 Å². The summed E-state index contributed by atoms with van der Waals surface area (Å²) in [7, 11) is 1.25. The number of nitrogens with one attached hydrogen (secondary N) is 1. The molecule has 0 radical (unpaired) electrons. The molecular formula is C17H23N9O4. The Morgan fingerprint density at radius 1 is 1.13 bits per heavy atom. The van der Waals surface area contributed by atoms with Gasteiger partial charge in [-0.3, -0.25) is 9.97 Å². The van der Waals surface area contributed by atoms with Gasteiger partial charge in [-0.2, -0.15) is 0 Å². The average Bonchev–Trinajstić information content (AvgIpc) is 3.17. The van der Waals surface area contributed by atoms with Gasteiger partial charge in [-0.15, -0.1) is 20.5 Å². The van der Waals surface area contributed by atoms with Gasteiger partial charge in [0.25, 0.3) is 0 Å². The third-order valence-corrected chi connectivity index (χ3v) is 3.31. The molecule has 13 nitrogen and oxygen atoms in total. The molecule has 3 N–H and O–H groups in total. The maximum atomic E-state index is 9.21. The van der Waals surface area contributed by atoms with Crippen molar-refractivity contribution in [3.05, 3.63) is 63.8 Å². The molecule has 0 unspecified atom stereocenters. The lowest BCUT2D eigenvalue weighted by Crippen LogP contribution is -2.13. The number of rotatable bonds is 7. The third-order valence-electron chi connectivity index (χ3n) is 3.31. The maximum absolute atomic E-state index is 9.21. The summed E-state index contributed by atoms with van der Waals surface area (Å²) in [5.74, 6) is 7.00. The summed E-state index contributed by atoms with van der Waals surface area (Å²) in [5.41, 5.74) is 3.10. The van der Waals surface area contributed by atoms with Crippen LogP contribution in [-0.4, -0.2) is 43.5 Å². The van der Waals surface area contributed by atoms with Gasteiger partial charge >= 0.3 is 0 Å². The summed E-state index contributed by atoms with van der Waals surface area (Å²) in [4.78, 5) is 30.8. The molecule has 0 aliphatic carbocycles. The first-order chi connectivity index (χ1) is 14.5. The molecule has 3 heterocycles. The summed E-state index contributed by atoms with van der Waals surface area (Å²) in [6.07, 6.45) is 5.32. The van der Waals surface area contributed by atoms with E-state index < -0.39 is 5.03 Å². The zero-order valence-electron chi connectivity index (χ0n) is 16.6. The predicted molar refractivity (Wildman–Crippen MR) is 109 cm³/mol. The van der Waals surface area contributed by atoms with Crippen molar-refractivity contribution in [3.8, 4) is 23.0 Å². The van der Waals surface area contributed by atoms with E-state index in [1.807, 2.05) is 43.3 Å². The zero-order chi connectivity index (χ0) is 22.2. The van der Waals surface area contributed by atoms with E-state index in [1.165, 1.54) is 11.7 Å². The van der Waals surface area contributed by atoms with Gasteiger partial charge in [-0.25, -0.2) is 14.8 Å². The number of nitrogen functional groups attached to an aromatic ring is 1. The minimum atomic E-state index is -0.625. The zero-order valence-corrected chi connectivity index (χ0v) is 16.6. The van der Waals surface area contributed by atoms with E-state index in [0.717, 1.165) is 12.8 Å². The monoisotopic (exact) mass is 417 g/mol. The highest BCUT2D eigenvalue weighted by molar-refractivity contribution is 5.57. The second-order valence-corrected chi connectivity index (χ2v) is 5.39. The quantitative estimate of drug-likeness (QED) is 0.190. The van der Waals surface area contributed by atoms with E-state index in [2.05, 4.69) is 30.3 Å². The molecule has 160 valence electrons. The van der Waals surface area contributed by atoms with Crippen LogP contribution in [0.1, 0.15) is 19.8 Å². The highest BCUT2D eigenvalue weighted by Crippen LogP contribution is 2.18. The number of pyridine rings is 2. The van der Waals surface area contributed by atoms with Crippen LogP contribution in [0.4, 0.5) is 0 Å². The van der Waals surface area contributed by atoms with Crippen LogP contribution in [0.5, 0.6) is 0 Å². The van der Waals surface area contributed by atoms with E-state index in [9.17, 15) is 4.91 Å². The summed E-state index contributed by atoms with van der Waals surface area (Å²) in [5, 5.41) is 18.8. The van der Waals surface area contributed by atoms with Crippen molar-refractivity contribution in [3.63, 3.8) is 0 Å². The minimum Gasteiger partial charge on any atom is -0.364 e. The Kier molecular flexibility index (Phi) is 11.1. The van der Waals surface area contributed by atoms with Crippen LogP contribution in [-0.2, 0) is 4.84 Å². The maximum Gasteiger partial charge on any atom is 0.201 e. The van der Waals surface area contributed by atoms with Crippen molar-refractivity contribution in [2.45, 2.75) is 19.8 Å². The van der Waals surface area contributed by atoms with Crippen molar-refractivity contribution in [2.75, 3.05) is 19.5 Å². The van der Waals surface area contributed by atoms with Crippen LogP contribution in [0.25, 0.3) is 23.0 Å². The molecule has 0 aliphatic rings. The molecule has 0 saturated carbocycles. The number of unbranched alkanes of at least 4 members (excludes halogenated alkanes) is 1. The molecule has 0 aliphatic heterocycles. The number of hydrogen-bond donors (Lipinski definition) is 2. The van der Waals surface area contributed by atoms with E-state index in [-0.39, 0.29) is 0 Å². The molecule has 0 bridgehead atoms. The summed E-state index contributed by atoms with van der Waals surface area (Å²) in [6.45, 7) is 2.48. The van der Waals surface area contributed by atoms with Gasteiger partial charge in [-0.1, -0.05) is 25.5 Å². The minimum absolute atomic E-state index is 0.458. The van der Waals surface area contributed by atoms with Crippen molar-refractivity contribution in [2.24, 2.45) is 5.34 Å². The lowest BCUT2D eigenvalue weighted by molar-refractivity contribution is -0.538. The normalized spacial score (nSPS) is 9.27. The van der Waals surface area contributed by atoms with E-state index in [0.29, 0.717) is 29.6 Å². The molecule has 0 saturated heterocycles. The first kappa shape index (κ1) is 23.9. The molecule has 0 aromatic carbocycles. The molecule has 0 fully saturated rings. The summed E-state index contributed by atoms with van der Waals surface area (Å²) >= 11 is 0. The highest BCUT2D eigenvalue weighted by atomic mass is 16.7. The van der Waals surface area contributed by atoms with Gasteiger partial charge in [0.05, 0.1) is 7.05 Å². The summed E-state index contributed by atoms with van der Waals surface area (Å²) in [6, 6.07) is 11.1. The second kappa shape index (κ2) is 13.9. The third kappa shape index (κ3) is 8.24. The molecular weight excluding hydrogens is 394 g/mol. The molecule has 0 amide bonds. The van der Waals surface area contributed by atoms with E-state index in [4.69, 9.17) is 16.0 Å². The molecule has 0 atom stereocenters. The molecule has 30 heavy (non-hydrogen) atoms. The number of nitrogens with two attached hydrogens (primary N) is 1. The molecule has 3 aromatic heterocycles. The van der Waals surface area contributed by atoms with Crippen molar-refractivity contribution in [1.82, 2.24) is 30.3 Å². The Bertz CT molecular complexity index is 818. The topological polar surface area (TPSA) is 176 Å². The van der Waals surface area contributed by atoms with Crippen LogP contribution in [0.2, 0.25) is 0 Å². The fraction of sp³-hybridized carbons (Fsp3) is 0.294. The first-order valence-electron chi connectivity index (χ1n) is 8.84. The Labute approximate surface area is 172 Å². The van der Waals surface area contributed by atoms with E-state index >= 15 is 0 Å². The van der Waals surface area contributed by atoms with Gasteiger partial charge in [0, 0.05) is 12.4 Å². The van der Waals surface area contributed by atoms with Crippen molar-refractivity contribution >= 4 is 0 Å². The van der Waals surface area contributed by atoms with Crippen LogP contribution in [0.15, 0.2) is 54.1 Å². The largest absolute Gasteiger partial charge is 0.364 e. The standard InChI is InChI=1S/C12H10N6.C4H9NO2.CH4N2O2/c13-18-11(9-5-1-3-7-14-9)16-17-12(18)10-6-2-4-8-15-10;1-2-3-4-7-5-6;1-2-3(4)5/h1-8H,13H2;2-4H2,1H3;2H,1H3. The van der Waals surface area contributed by atoms with Crippen LogP contribution < -0.4 is 11.3 Å². The van der Waals surface area contributed by atoms with Crippen molar-refractivity contribution in [1.29, 1.82) is 0 Å². The van der Waals surface area contributed by atoms with Crippen LogP contribution in [0.3, 0.4) is 0 Å². The fourth-order valence-corrected chi connectivity index (χ4v) is 1.88. The number of aromatic nitrogens is 5. The van der Waals surface area contributed by atoms with Gasteiger partial charge in [0.15, 0.2) is 10.4 Å². The smallest absolute Gasteiger partial charge is 0.201 e. The average molecular weight is 417 g/mol. The van der Waals surface area contributed by atoms with E-state index in [1.54, 1.807) is 17.8 Å². The molecule has 13 heteroatoms. The number of nitro groups is 1. The lowest BCUT2D eigenvalue weighted by atomic mass is 10.3. The SMILES string of the molecule is CCCCON=O.CN[N+](=O)[O-].Nn1c(-c2ccccn2)nnc1-c1ccccn1. The van der Waals surface area contributed by atoms with Gasteiger partial charge in [-0.05, 0) is 30.7 Å². The fourth-order valence-electron chi connectivity index (χ4n) is 1.88. The number of hydrazine groups is 1. The Hall–Kier alpha value is -4.16. The highest BCUT2D eigenvalue weighted by Gasteiger charge is 2.14. The predicted octanol–water partition coefficient (Wildman–Crippen LogP) is 2.00. The lowest BCUT2D eigenvalue weighted by Gasteiger charge is -2.02. The molecule has 3 rings (SSSR count). The van der Waals surface area contributed by atoms with Crippen LogP contribution >= 0.6 is 0 Å².